The molecule has 0 saturated carbocycles. The Bertz CT molecular complexity index is 1350. The molecule has 2 aliphatic rings. The molecular weight excluding hydrogens is 469 g/mol. The summed E-state index contributed by atoms with van der Waals surface area (Å²) in [5.74, 6) is -3.66. The normalized spacial score (nSPS) is 17.7. The number of hydrogen-bond donors (Lipinski definition) is 2. The highest BCUT2D eigenvalue weighted by molar-refractivity contribution is 6.24. The molecule has 1 unspecified atom stereocenters. The summed E-state index contributed by atoms with van der Waals surface area (Å²) in [4.78, 5) is 65.4. The summed E-state index contributed by atoms with van der Waals surface area (Å²) in [6.45, 7) is 6.38. The first-order valence-corrected chi connectivity index (χ1v) is 10.2. The molecule has 2 aromatic rings. The van der Waals surface area contributed by atoms with E-state index in [9.17, 15) is 37.1 Å². The topological polar surface area (TPSA) is 117 Å². The van der Waals surface area contributed by atoms with E-state index in [1.807, 2.05) is 0 Å². The van der Waals surface area contributed by atoms with Gasteiger partial charge in [-0.05, 0) is 36.2 Å². The maximum Gasteiger partial charge on any atom is 0.415 e. The molecule has 2 N–H and O–H groups in total. The van der Waals surface area contributed by atoms with Gasteiger partial charge < -0.3 is 5.32 Å². The zero-order valence-electron chi connectivity index (χ0n) is 17.7. The highest BCUT2D eigenvalue weighted by Crippen LogP contribution is 2.34. The van der Waals surface area contributed by atoms with Crippen molar-refractivity contribution in [2.45, 2.75) is 31.6 Å². The molecule has 4 rings (SSSR count). The highest BCUT2D eigenvalue weighted by Gasteiger charge is 2.44. The van der Waals surface area contributed by atoms with Crippen LogP contribution >= 0.6 is 0 Å². The van der Waals surface area contributed by atoms with Crippen molar-refractivity contribution < 1.29 is 37.1 Å². The number of halogens is 3. The van der Waals surface area contributed by atoms with Crippen LogP contribution < -0.4 is 10.6 Å². The first-order chi connectivity index (χ1) is 16.5. The smallest absolute Gasteiger partial charge is 0.348 e. The molecule has 1 atom stereocenters. The molecule has 0 radical (unpaired) electrons. The third-order valence-electron chi connectivity index (χ3n) is 5.67. The summed E-state index contributed by atoms with van der Waals surface area (Å²) in [6, 6.07) is 5.41. The Labute approximate surface area is 195 Å². The lowest BCUT2D eigenvalue weighted by atomic mass is 10.0. The number of nitrogens with one attached hydrogen (secondary N) is 2. The van der Waals surface area contributed by atoms with Gasteiger partial charge in [-0.1, -0.05) is 12.1 Å². The van der Waals surface area contributed by atoms with Crippen molar-refractivity contribution in [2.24, 2.45) is 0 Å². The van der Waals surface area contributed by atoms with Crippen LogP contribution in [-0.2, 0) is 22.3 Å². The molecule has 5 amide bonds. The largest absolute Gasteiger partial charge is 0.415 e. The van der Waals surface area contributed by atoms with Crippen molar-refractivity contribution in [2.75, 3.05) is 0 Å². The standard InChI is InChI=1S/C23H15F3N4O5/c1-27-13-4-2-12(16(9-13)23(24,25)26)10-28-19(32)11-3-5-14-15(8-11)22(35)30(21(14)34)17-6-7-18(31)29-20(17)33/h2-5,8-9,17H,6-7,10H2,(H,28,32)(H,29,31,33). The molecule has 1 saturated heterocycles. The predicted molar refractivity (Wildman–Crippen MR) is 112 cm³/mol. The van der Waals surface area contributed by atoms with Crippen molar-refractivity contribution in [3.05, 3.63) is 75.6 Å². The van der Waals surface area contributed by atoms with E-state index in [-0.39, 0.29) is 40.8 Å². The van der Waals surface area contributed by atoms with Gasteiger partial charge in [-0.3, -0.25) is 34.2 Å². The maximum atomic E-state index is 13.3. The lowest BCUT2D eigenvalue weighted by Crippen LogP contribution is -2.54. The second-order valence-corrected chi connectivity index (χ2v) is 7.84. The number of piperidine rings is 1. The average Bonchev–Trinajstić information content (AvgIpc) is 3.06. The molecule has 0 spiro atoms. The summed E-state index contributed by atoms with van der Waals surface area (Å²) in [5.41, 5.74) is -1.76. The van der Waals surface area contributed by atoms with Gasteiger partial charge >= 0.3 is 6.18 Å². The van der Waals surface area contributed by atoms with Crippen LogP contribution in [0.5, 0.6) is 0 Å². The van der Waals surface area contributed by atoms with Gasteiger partial charge in [-0.25, -0.2) is 4.85 Å². The number of fused-ring (bicyclic) bond motifs is 1. The minimum Gasteiger partial charge on any atom is -0.348 e. The van der Waals surface area contributed by atoms with Crippen molar-refractivity contribution in [1.82, 2.24) is 15.5 Å². The van der Waals surface area contributed by atoms with Crippen molar-refractivity contribution >= 4 is 35.2 Å². The van der Waals surface area contributed by atoms with Gasteiger partial charge in [0.1, 0.15) is 6.04 Å². The summed E-state index contributed by atoms with van der Waals surface area (Å²) >= 11 is 0. The first kappa shape index (κ1) is 23.6. The number of amides is 5. The van der Waals surface area contributed by atoms with E-state index in [1.54, 1.807) is 0 Å². The fraction of sp³-hybridized carbons (Fsp3) is 0.217. The lowest BCUT2D eigenvalue weighted by Gasteiger charge is -2.27. The molecule has 2 aliphatic heterocycles. The molecule has 178 valence electrons. The molecule has 12 heteroatoms. The Hall–Kier alpha value is -4.53. The number of alkyl halides is 3. The molecule has 1 fully saturated rings. The molecule has 0 bridgehead atoms. The van der Waals surface area contributed by atoms with Crippen LogP contribution in [0.15, 0.2) is 36.4 Å². The van der Waals surface area contributed by atoms with E-state index in [4.69, 9.17) is 6.57 Å². The zero-order chi connectivity index (χ0) is 25.5. The SMILES string of the molecule is [C-]#[N+]c1ccc(CNC(=O)c2ccc3c(c2)C(=O)N(C2CCC(=O)NC2=O)C3=O)c(C(F)(F)F)c1. The van der Waals surface area contributed by atoms with Gasteiger partial charge in [0.15, 0.2) is 5.69 Å². The van der Waals surface area contributed by atoms with Crippen molar-refractivity contribution in [3.8, 4) is 0 Å². The molecule has 9 nitrogen and oxygen atoms in total. The van der Waals surface area contributed by atoms with Crippen LogP contribution in [0, 0.1) is 6.57 Å². The number of carbonyl (C=O) groups is 5. The second-order valence-electron chi connectivity index (χ2n) is 7.84. The van der Waals surface area contributed by atoms with Gasteiger partial charge in [0, 0.05) is 18.5 Å². The Morgan fingerprint density at radius 1 is 1.09 bits per heavy atom. The first-order valence-electron chi connectivity index (χ1n) is 10.2. The van der Waals surface area contributed by atoms with Crippen LogP contribution in [0.4, 0.5) is 18.9 Å². The molecular formula is C23H15F3N4O5. The van der Waals surface area contributed by atoms with E-state index in [2.05, 4.69) is 15.5 Å². The van der Waals surface area contributed by atoms with E-state index in [0.29, 0.717) is 6.07 Å². The Morgan fingerprint density at radius 3 is 2.46 bits per heavy atom. The Morgan fingerprint density at radius 2 is 1.80 bits per heavy atom. The van der Waals surface area contributed by atoms with E-state index >= 15 is 0 Å². The van der Waals surface area contributed by atoms with Gasteiger partial charge in [0.05, 0.1) is 23.3 Å². The van der Waals surface area contributed by atoms with E-state index in [1.165, 1.54) is 18.2 Å². The third-order valence-corrected chi connectivity index (χ3v) is 5.67. The van der Waals surface area contributed by atoms with Gasteiger partial charge in [-0.2, -0.15) is 13.2 Å². The Kier molecular flexibility index (Phi) is 5.86. The van der Waals surface area contributed by atoms with Gasteiger partial charge in [0.25, 0.3) is 17.7 Å². The maximum absolute atomic E-state index is 13.3. The quantitative estimate of drug-likeness (QED) is 0.511. The molecule has 35 heavy (non-hydrogen) atoms. The number of nitrogens with zero attached hydrogens (tertiary/aromatic N) is 2. The van der Waals surface area contributed by atoms with Crippen LogP contribution in [0.2, 0.25) is 0 Å². The monoisotopic (exact) mass is 484 g/mol. The van der Waals surface area contributed by atoms with Crippen LogP contribution in [0.1, 0.15) is 55.0 Å². The zero-order valence-corrected chi connectivity index (χ0v) is 17.7. The third kappa shape index (κ3) is 4.35. The number of rotatable bonds is 4. The van der Waals surface area contributed by atoms with Gasteiger partial charge in [0.2, 0.25) is 11.8 Å². The fourth-order valence-electron chi connectivity index (χ4n) is 3.94. The minimum atomic E-state index is -4.74. The van der Waals surface area contributed by atoms with Gasteiger partial charge in [-0.15, -0.1) is 0 Å². The summed E-state index contributed by atoms with van der Waals surface area (Å²) in [6.07, 6.45) is -4.81. The summed E-state index contributed by atoms with van der Waals surface area (Å²) < 4.78 is 40.0. The highest BCUT2D eigenvalue weighted by atomic mass is 19.4. The van der Waals surface area contributed by atoms with E-state index < -0.39 is 53.9 Å². The fourth-order valence-corrected chi connectivity index (χ4v) is 3.94. The molecule has 2 heterocycles. The van der Waals surface area contributed by atoms with Crippen molar-refractivity contribution in [1.29, 1.82) is 0 Å². The molecule has 2 aromatic carbocycles. The number of benzene rings is 2. The van der Waals surface area contributed by atoms with Crippen LogP contribution in [0.25, 0.3) is 4.85 Å². The summed E-state index contributed by atoms with van der Waals surface area (Å²) in [5, 5.41) is 4.41. The lowest BCUT2D eigenvalue weighted by molar-refractivity contribution is -0.138. The van der Waals surface area contributed by atoms with E-state index in [0.717, 1.165) is 17.0 Å². The number of carbonyl (C=O) groups excluding carboxylic acids is 5. The number of imide groups is 2. The molecule has 0 aromatic heterocycles. The second kappa shape index (κ2) is 8.68. The minimum absolute atomic E-state index is 0.0305. The molecule has 0 aliphatic carbocycles. The average molecular weight is 484 g/mol. The van der Waals surface area contributed by atoms with Crippen LogP contribution in [-0.4, -0.2) is 40.5 Å². The predicted octanol–water partition coefficient (Wildman–Crippen LogP) is 2.59. The Balaban J connectivity index is 1.53. The van der Waals surface area contributed by atoms with Crippen molar-refractivity contribution in [3.63, 3.8) is 0 Å². The number of hydrogen-bond acceptors (Lipinski definition) is 5. The summed E-state index contributed by atoms with van der Waals surface area (Å²) in [7, 11) is 0. The van der Waals surface area contributed by atoms with Crippen LogP contribution in [0.3, 0.4) is 0 Å².